The molecule has 0 saturated heterocycles. The molecule has 2 nitrogen and oxygen atoms in total. The van der Waals surface area contributed by atoms with Gasteiger partial charge in [-0.1, -0.05) is 16.1 Å². The molecule has 0 radical (unpaired) electrons. The molecule has 0 aromatic rings. The summed E-state index contributed by atoms with van der Waals surface area (Å²) in [4.78, 5) is 0. The van der Waals surface area contributed by atoms with E-state index in [1.54, 1.807) is 13.3 Å². The van der Waals surface area contributed by atoms with Crippen LogP contribution in [0.5, 0.6) is 0 Å². The van der Waals surface area contributed by atoms with Crippen LogP contribution in [0.3, 0.4) is 0 Å². The lowest BCUT2D eigenvalue weighted by Gasteiger charge is -1.83. The van der Waals surface area contributed by atoms with Crippen LogP contribution in [0.1, 0.15) is 13.3 Å². The van der Waals surface area contributed by atoms with E-state index in [1.807, 2.05) is 6.92 Å². The fraction of sp³-hybridized carbons (Fsp3) is 1.00. The van der Waals surface area contributed by atoms with Crippen LogP contribution in [0.15, 0.2) is 0 Å². The molecule has 4 heteroatoms. The summed E-state index contributed by atoms with van der Waals surface area (Å²) in [6.45, 7) is 5.19. The minimum Gasteiger partial charge on any atom is -0.0698 e. The van der Waals surface area contributed by atoms with E-state index in [9.17, 15) is 9.13 Å². The molecule has 0 bridgehead atoms. The lowest BCUT2D eigenvalue weighted by atomic mass is 10.6. The number of rotatable bonds is 3. The molecule has 0 rings (SSSR count). The average molecular weight is 166 g/mol. The molecule has 0 aromatic carbocycles. The van der Waals surface area contributed by atoms with Crippen LogP contribution in [0, 0.1) is 0 Å². The Bertz CT molecular complexity index is 119. The number of hydrogen-bond donors (Lipinski definition) is 0. The third-order valence-corrected chi connectivity index (χ3v) is 5.57. The zero-order valence-electron chi connectivity index (χ0n) is 6.00. The predicted octanol–water partition coefficient (Wildman–Crippen LogP) is 2.64. The van der Waals surface area contributed by atoms with Crippen molar-refractivity contribution >= 4 is 15.6 Å². The Morgan fingerprint density at radius 1 is 1.22 bits per heavy atom. The lowest BCUT2D eigenvalue weighted by molar-refractivity contribution is 0.577. The molecule has 2 atom stereocenters. The van der Waals surface area contributed by atoms with Gasteiger partial charge in [0, 0.05) is 6.42 Å². The van der Waals surface area contributed by atoms with Crippen molar-refractivity contribution in [3.05, 3.63) is 0 Å². The smallest absolute Gasteiger partial charge is 0.0698 e. The fourth-order valence-electron chi connectivity index (χ4n) is 0.743. The van der Waals surface area contributed by atoms with E-state index in [0.29, 0.717) is 0 Å². The summed E-state index contributed by atoms with van der Waals surface area (Å²) < 4.78 is 21.6. The summed E-state index contributed by atoms with van der Waals surface area (Å²) in [5, 5.41) is -0.0602. The molecule has 0 heterocycles. The van der Waals surface area contributed by atoms with Gasteiger partial charge in [0.15, 0.2) is 0 Å². The molecule has 0 spiro atoms. The van der Waals surface area contributed by atoms with Crippen LogP contribution in [-0.4, -0.2) is 18.7 Å². The van der Waals surface area contributed by atoms with Gasteiger partial charge < -0.3 is 0 Å². The zero-order valence-corrected chi connectivity index (χ0v) is 7.78. The van der Waals surface area contributed by atoms with Crippen molar-refractivity contribution < 1.29 is 9.13 Å². The van der Waals surface area contributed by atoms with Crippen molar-refractivity contribution in [1.29, 1.82) is 0 Å². The Kier molecular flexibility index (Phi) is 4.18. The van der Waals surface area contributed by atoms with Gasteiger partial charge in [-0.15, -0.1) is 0 Å². The summed E-state index contributed by atoms with van der Waals surface area (Å²) in [5.74, 6) is 0. The highest BCUT2D eigenvalue weighted by Crippen LogP contribution is 2.41. The summed E-state index contributed by atoms with van der Waals surface area (Å²) in [7, 11) is -2.47. The Balaban J connectivity index is 3.99. The summed E-state index contributed by atoms with van der Waals surface area (Å²) >= 11 is 0. The van der Waals surface area contributed by atoms with E-state index in [4.69, 9.17) is 0 Å². The lowest BCUT2D eigenvalue weighted by Crippen LogP contribution is -1.90. The SMILES string of the molecule is CCC([P+](C)=O)[P+](C)=O. The summed E-state index contributed by atoms with van der Waals surface area (Å²) in [6.07, 6.45) is 0.761. The van der Waals surface area contributed by atoms with Crippen LogP contribution in [0.4, 0.5) is 0 Å². The Morgan fingerprint density at radius 3 is 1.56 bits per heavy atom. The molecule has 52 valence electrons. The van der Waals surface area contributed by atoms with Crippen LogP contribution in [0.25, 0.3) is 0 Å². The topological polar surface area (TPSA) is 34.1 Å². The van der Waals surface area contributed by atoms with Crippen molar-refractivity contribution in [2.24, 2.45) is 0 Å². The van der Waals surface area contributed by atoms with Crippen molar-refractivity contribution in [1.82, 2.24) is 0 Å². The molecule has 0 aromatic heterocycles. The Morgan fingerprint density at radius 2 is 1.56 bits per heavy atom. The van der Waals surface area contributed by atoms with Crippen LogP contribution < -0.4 is 0 Å². The van der Waals surface area contributed by atoms with Gasteiger partial charge >= 0.3 is 21.0 Å². The molecule has 0 fully saturated rings. The van der Waals surface area contributed by atoms with Gasteiger partial charge in [-0.25, -0.2) is 0 Å². The second-order valence-corrected chi connectivity index (χ2v) is 5.82. The highest BCUT2D eigenvalue weighted by Gasteiger charge is 2.37. The van der Waals surface area contributed by atoms with Crippen molar-refractivity contribution in [2.75, 3.05) is 13.3 Å². The van der Waals surface area contributed by atoms with Crippen molar-refractivity contribution in [3.63, 3.8) is 0 Å². The Hall–Kier alpha value is 0.200. The van der Waals surface area contributed by atoms with Gasteiger partial charge in [0.05, 0.1) is 0 Å². The molecule has 0 N–H and O–H groups in total. The van der Waals surface area contributed by atoms with E-state index in [2.05, 4.69) is 0 Å². The molecule has 0 aliphatic heterocycles. The zero-order chi connectivity index (χ0) is 7.44. The van der Waals surface area contributed by atoms with Gasteiger partial charge in [-0.05, 0) is 0 Å². The summed E-state index contributed by atoms with van der Waals surface area (Å²) in [5.41, 5.74) is 0. The first-order valence-electron chi connectivity index (χ1n) is 2.89. The first kappa shape index (κ1) is 9.20. The molecule has 2 unspecified atom stereocenters. The fourth-order valence-corrected chi connectivity index (χ4v) is 3.60. The largest absolute Gasteiger partial charge is 0.389 e. The highest BCUT2D eigenvalue weighted by molar-refractivity contribution is 7.63. The van der Waals surface area contributed by atoms with Crippen LogP contribution in [0.2, 0.25) is 0 Å². The molecule has 9 heavy (non-hydrogen) atoms. The van der Waals surface area contributed by atoms with Gasteiger partial charge in [0.25, 0.3) is 0 Å². The predicted molar refractivity (Wildman–Crippen MR) is 41.1 cm³/mol. The van der Waals surface area contributed by atoms with Gasteiger partial charge in [-0.2, -0.15) is 0 Å². The molecular weight excluding hydrogens is 154 g/mol. The van der Waals surface area contributed by atoms with Gasteiger partial charge in [0.1, 0.15) is 13.3 Å². The second kappa shape index (κ2) is 4.09. The van der Waals surface area contributed by atoms with Gasteiger partial charge in [0.2, 0.25) is 0 Å². The standard InChI is InChI=1S/C5H12O2P2/c1-4-5(8(2)6)9(3)7/h5H,4H2,1-3H3/q+2. The molecule has 0 saturated carbocycles. The van der Waals surface area contributed by atoms with E-state index >= 15 is 0 Å². The quantitative estimate of drug-likeness (QED) is 0.604. The summed E-state index contributed by atoms with van der Waals surface area (Å²) in [6, 6.07) is 0. The maximum Gasteiger partial charge on any atom is 0.389 e. The van der Waals surface area contributed by atoms with E-state index in [1.165, 1.54) is 0 Å². The number of hydrogen-bond acceptors (Lipinski definition) is 2. The first-order valence-corrected chi connectivity index (χ1v) is 6.44. The Labute approximate surface area is 57.6 Å². The van der Waals surface area contributed by atoms with Crippen LogP contribution >= 0.6 is 15.6 Å². The maximum atomic E-state index is 10.8. The first-order chi connectivity index (χ1) is 4.09. The second-order valence-electron chi connectivity index (χ2n) is 1.98. The highest BCUT2D eigenvalue weighted by atomic mass is 31.2. The minimum atomic E-state index is -1.24. The van der Waals surface area contributed by atoms with E-state index in [0.717, 1.165) is 6.42 Å². The maximum absolute atomic E-state index is 10.8. The van der Waals surface area contributed by atoms with Gasteiger partial charge in [-0.3, -0.25) is 0 Å². The third-order valence-electron chi connectivity index (χ3n) is 1.20. The van der Waals surface area contributed by atoms with Crippen molar-refractivity contribution in [2.45, 2.75) is 18.7 Å². The third kappa shape index (κ3) is 3.03. The van der Waals surface area contributed by atoms with E-state index < -0.39 is 15.6 Å². The average Bonchev–Trinajstić information content (AvgIpc) is 1.64. The molecule has 0 aliphatic rings. The molecule has 0 amide bonds. The van der Waals surface area contributed by atoms with Crippen LogP contribution in [-0.2, 0) is 9.13 Å². The van der Waals surface area contributed by atoms with Crippen molar-refractivity contribution in [3.8, 4) is 0 Å². The minimum absolute atomic E-state index is 0.0602. The molecule has 0 aliphatic carbocycles. The normalized spacial score (nSPS) is 16.8. The monoisotopic (exact) mass is 166 g/mol. The van der Waals surface area contributed by atoms with E-state index in [-0.39, 0.29) is 5.40 Å². The molecular formula is C5H12O2P2+2.